The molecule has 5 atom stereocenters. The number of alkyl carbamates (subject to hydrolysis) is 1. The molecular weight excluding hydrogens is 434 g/mol. The molecule has 0 spiro atoms. The molecule has 3 aromatic carbocycles. The van der Waals surface area contributed by atoms with Crippen LogP contribution >= 0.6 is 0 Å². The number of benzene rings is 3. The smallest absolute Gasteiger partial charge is 0.407 e. The van der Waals surface area contributed by atoms with Gasteiger partial charge >= 0.3 is 6.09 Å². The molecular formula is C27H25NO6. The topological polar surface area (TPSA) is 75.2 Å². The SMILES string of the molecule is COc1ccc([C@@]23Oc4cc(OC)cc(OC)c4C2[C@@H]2OC(=O)N[C@@H]2[C@H]3c2ccccc2)cc1. The minimum atomic E-state index is -0.849. The van der Waals surface area contributed by atoms with Crippen LogP contribution in [-0.2, 0) is 10.3 Å². The highest BCUT2D eigenvalue weighted by molar-refractivity contribution is 5.73. The van der Waals surface area contributed by atoms with Gasteiger partial charge in [-0.05, 0) is 23.3 Å². The van der Waals surface area contributed by atoms with E-state index in [-0.39, 0.29) is 17.9 Å². The van der Waals surface area contributed by atoms with E-state index in [1.54, 1.807) is 21.3 Å². The van der Waals surface area contributed by atoms with Gasteiger partial charge in [0.2, 0.25) is 0 Å². The third-order valence-electron chi connectivity index (χ3n) is 7.32. The van der Waals surface area contributed by atoms with Crippen molar-refractivity contribution in [3.63, 3.8) is 0 Å². The molecule has 3 aromatic rings. The maximum atomic E-state index is 12.5. The normalized spacial score (nSPS) is 28.1. The van der Waals surface area contributed by atoms with Crippen molar-refractivity contribution in [2.45, 2.75) is 29.6 Å². The highest BCUT2D eigenvalue weighted by Crippen LogP contribution is 2.67. The van der Waals surface area contributed by atoms with Gasteiger partial charge in [0.05, 0.1) is 39.2 Å². The minimum absolute atomic E-state index is 0.216. The Morgan fingerprint density at radius 2 is 1.59 bits per heavy atom. The standard InChI is InChI=1S/C27H25NO6/c1-30-17-11-9-16(10-12-17)27-22(15-7-5-4-6-8-15)24-25(33-26(29)28-24)23(27)21-19(32-3)13-18(31-2)14-20(21)34-27/h4-14,22-25H,1-3H3,(H,28,29)/t22-,23?,24-,25+,27+/m1/s1. The van der Waals surface area contributed by atoms with Crippen molar-refractivity contribution >= 4 is 6.09 Å². The Kier molecular flexibility index (Phi) is 4.62. The highest BCUT2D eigenvalue weighted by Gasteiger charge is 2.71. The van der Waals surface area contributed by atoms with Gasteiger partial charge in [0.25, 0.3) is 0 Å². The number of fused-ring (bicyclic) bond motifs is 5. The fourth-order valence-corrected chi connectivity index (χ4v) is 6.03. The second-order valence-electron chi connectivity index (χ2n) is 8.77. The van der Waals surface area contributed by atoms with Gasteiger partial charge in [0, 0.05) is 17.7 Å². The zero-order valence-corrected chi connectivity index (χ0v) is 19.1. The van der Waals surface area contributed by atoms with Crippen LogP contribution in [0.25, 0.3) is 0 Å². The van der Waals surface area contributed by atoms with E-state index in [1.807, 2.05) is 54.6 Å². The van der Waals surface area contributed by atoms with Crippen molar-refractivity contribution in [3.05, 3.63) is 83.4 Å². The third kappa shape index (κ3) is 2.73. The molecule has 34 heavy (non-hydrogen) atoms. The molecule has 1 N–H and O–H groups in total. The van der Waals surface area contributed by atoms with Crippen molar-refractivity contribution < 1.29 is 28.5 Å². The van der Waals surface area contributed by atoms with Crippen LogP contribution in [0.1, 0.15) is 28.5 Å². The van der Waals surface area contributed by atoms with E-state index in [2.05, 4.69) is 17.4 Å². The molecule has 0 radical (unpaired) electrons. The summed E-state index contributed by atoms with van der Waals surface area (Å²) >= 11 is 0. The number of hydrogen-bond donors (Lipinski definition) is 1. The average molecular weight is 459 g/mol. The summed E-state index contributed by atoms with van der Waals surface area (Å²) in [5.74, 6) is 2.18. The Morgan fingerprint density at radius 3 is 2.26 bits per heavy atom. The Labute approximate surface area is 197 Å². The van der Waals surface area contributed by atoms with Gasteiger partial charge in [-0.3, -0.25) is 0 Å². The fraction of sp³-hybridized carbons (Fsp3) is 0.296. The van der Waals surface area contributed by atoms with Crippen molar-refractivity contribution in [1.82, 2.24) is 5.32 Å². The van der Waals surface area contributed by atoms with Crippen LogP contribution in [0, 0.1) is 0 Å². The minimum Gasteiger partial charge on any atom is -0.497 e. The molecule has 1 amide bonds. The van der Waals surface area contributed by atoms with Gasteiger partial charge in [-0.1, -0.05) is 42.5 Å². The van der Waals surface area contributed by atoms with Crippen LogP contribution in [0.2, 0.25) is 0 Å². The Morgan fingerprint density at radius 1 is 0.853 bits per heavy atom. The lowest BCUT2D eigenvalue weighted by Gasteiger charge is -2.37. The molecule has 1 saturated heterocycles. The van der Waals surface area contributed by atoms with Gasteiger partial charge in [0.1, 0.15) is 29.1 Å². The van der Waals surface area contributed by atoms with Crippen LogP contribution in [0.15, 0.2) is 66.7 Å². The first-order valence-corrected chi connectivity index (χ1v) is 11.2. The van der Waals surface area contributed by atoms with Crippen LogP contribution < -0.4 is 24.3 Å². The molecule has 1 saturated carbocycles. The molecule has 174 valence electrons. The number of amides is 1. The van der Waals surface area contributed by atoms with Gasteiger partial charge in [-0.15, -0.1) is 0 Å². The summed E-state index contributed by atoms with van der Waals surface area (Å²) in [7, 11) is 4.88. The summed E-state index contributed by atoms with van der Waals surface area (Å²) in [6, 6.07) is 21.5. The van der Waals surface area contributed by atoms with Crippen molar-refractivity contribution in [2.24, 2.45) is 0 Å². The fourth-order valence-electron chi connectivity index (χ4n) is 6.03. The van der Waals surface area contributed by atoms with Crippen LogP contribution in [0.4, 0.5) is 4.79 Å². The number of carbonyl (C=O) groups is 1. The monoisotopic (exact) mass is 459 g/mol. The van der Waals surface area contributed by atoms with E-state index < -0.39 is 17.8 Å². The number of hydrogen-bond acceptors (Lipinski definition) is 6. The van der Waals surface area contributed by atoms with Crippen LogP contribution in [0.5, 0.6) is 23.0 Å². The lowest BCUT2D eigenvalue weighted by molar-refractivity contribution is 0.0389. The molecule has 2 heterocycles. The number of carbonyl (C=O) groups excluding carboxylic acids is 1. The zero-order valence-electron chi connectivity index (χ0n) is 19.1. The van der Waals surface area contributed by atoms with Crippen molar-refractivity contribution in [1.29, 1.82) is 0 Å². The molecule has 2 fully saturated rings. The van der Waals surface area contributed by atoms with E-state index in [1.165, 1.54) is 0 Å². The van der Waals surface area contributed by atoms with Gasteiger partial charge in [-0.25, -0.2) is 4.79 Å². The summed E-state index contributed by atoms with van der Waals surface area (Å²) < 4.78 is 29.6. The molecule has 1 aliphatic carbocycles. The second-order valence-corrected chi connectivity index (χ2v) is 8.77. The summed E-state index contributed by atoms with van der Waals surface area (Å²) in [5.41, 5.74) is 2.06. The van der Waals surface area contributed by atoms with Crippen molar-refractivity contribution in [2.75, 3.05) is 21.3 Å². The highest BCUT2D eigenvalue weighted by atomic mass is 16.6. The van der Waals surface area contributed by atoms with E-state index in [9.17, 15) is 4.79 Å². The molecule has 0 bridgehead atoms. The Bertz CT molecular complexity index is 1240. The Balaban J connectivity index is 1.64. The predicted molar refractivity (Wildman–Crippen MR) is 124 cm³/mol. The maximum absolute atomic E-state index is 12.5. The van der Waals surface area contributed by atoms with Gasteiger partial charge in [-0.2, -0.15) is 0 Å². The van der Waals surface area contributed by atoms with Crippen molar-refractivity contribution in [3.8, 4) is 23.0 Å². The number of rotatable bonds is 5. The molecule has 1 unspecified atom stereocenters. The first kappa shape index (κ1) is 20.7. The first-order chi connectivity index (χ1) is 16.6. The van der Waals surface area contributed by atoms with Gasteiger partial charge < -0.3 is 29.0 Å². The lowest BCUT2D eigenvalue weighted by Crippen LogP contribution is -2.43. The number of methoxy groups -OCH3 is 3. The molecule has 0 aromatic heterocycles. The average Bonchev–Trinajstić information content (AvgIpc) is 3.48. The van der Waals surface area contributed by atoms with E-state index >= 15 is 0 Å². The maximum Gasteiger partial charge on any atom is 0.407 e. The molecule has 7 heteroatoms. The largest absolute Gasteiger partial charge is 0.497 e. The molecule has 2 aliphatic heterocycles. The second kappa shape index (κ2) is 7.58. The van der Waals surface area contributed by atoms with Crippen LogP contribution in [-0.4, -0.2) is 39.6 Å². The lowest BCUT2D eigenvalue weighted by atomic mass is 9.73. The molecule has 7 nitrogen and oxygen atoms in total. The van der Waals surface area contributed by atoms with Gasteiger partial charge in [0.15, 0.2) is 5.60 Å². The quantitative estimate of drug-likeness (QED) is 0.611. The van der Waals surface area contributed by atoms with E-state index in [0.29, 0.717) is 17.2 Å². The first-order valence-electron chi connectivity index (χ1n) is 11.2. The molecule has 3 aliphatic rings. The Hall–Kier alpha value is -3.87. The summed E-state index contributed by atoms with van der Waals surface area (Å²) in [4.78, 5) is 12.5. The third-order valence-corrected chi connectivity index (χ3v) is 7.32. The van der Waals surface area contributed by atoms with E-state index in [4.69, 9.17) is 23.7 Å². The van der Waals surface area contributed by atoms with Crippen LogP contribution in [0.3, 0.4) is 0 Å². The summed E-state index contributed by atoms with van der Waals surface area (Å²) in [6.07, 6.45) is -0.858. The van der Waals surface area contributed by atoms with E-state index in [0.717, 1.165) is 22.4 Å². The molecule has 6 rings (SSSR count). The predicted octanol–water partition coefficient (Wildman–Crippen LogP) is 4.36. The summed E-state index contributed by atoms with van der Waals surface area (Å²) in [5, 5.41) is 3.07. The summed E-state index contributed by atoms with van der Waals surface area (Å²) in [6.45, 7) is 0. The zero-order chi connectivity index (χ0) is 23.4. The number of ether oxygens (including phenoxy) is 5. The number of nitrogens with one attached hydrogen (secondary N) is 1.